The Morgan fingerprint density at radius 1 is 1.53 bits per heavy atom. The molecule has 0 fully saturated rings. The summed E-state index contributed by atoms with van der Waals surface area (Å²) in [5.41, 5.74) is 0.700. The van der Waals surface area contributed by atoms with Crippen molar-refractivity contribution in [1.29, 1.82) is 5.26 Å². The molecule has 5 heteroatoms. The van der Waals surface area contributed by atoms with Crippen LogP contribution in [0.5, 0.6) is 0 Å². The molecule has 0 aliphatic heterocycles. The Morgan fingerprint density at radius 3 is 2.53 bits per heavy atom. The molecule has 17 heavy (non-hydrogen) atoms. The highest BCUT2D eigenvalue weighted by molar-refractivity contribution is 5.63. The number of nitriles is 1. The number of rotatable bonds is 2. The summed E-state index contributed by atoms with van der Waals surface area (Å²) in [5.74, 6) is 0. The van der Waals surface area contributed by atoms with Crippen LogP contribution in [-0.4, -0.2) is 11.1 Å². The number of hydrogen-bond donors (Lipinski definition) is 1. The predicted molar refractivity (Wildman–Crippen MR) is 59.7 cm³/mol. The van der Waals surface area contributed by atoms with E-state index in [0.717, 1.165) is 0 Å². The van der Waals surface area contributed by atoms with Gasteiger partial charge >= 0.3 is 0 Å². The number of carbonyl (C=O) groups is 1. The zero-order chi connectivity index (χ0) is 13.1. The number of carbonyl (C=O) groups excluding carboxylic acids is 1. The second-order valence-corrected chi connectivity index (χ2v) is 4.82. The normalized spacial score (nSPS) is 12.6. The van der Waals surface area contributed by atoms with Crippen LogP contribution in [0.4, 0.5) is 4.79 Å². The molecular formula is C12H14N3O2-. The fourth-order valence-electron chi connectivity index (χ4n) is 1.56. The third-order valence-electron chi connectivity index (χ3n) is 2.36. The van der Waals surface area contributed by atoms with E-state index in [9.17, 15) is 9.90 Å². The first-order valence-corrected chi connectivity index (χ1v) is 5.18. The predicted octanol–water partition coefficient (Wildman–Crippen LogP) is 0.973. The van der Waals surface area contributed by atoms with Gasteiger partial charge in [0.25, 0.3) is 0 Å². The third-order valence-corrected chi connectivity index (χ3v) is 2.36. The lowest BCUT2D eigenvalue weighted by Crippen LogP contribution is -2.43. The van der Waals surface area contributed by atoms with E-state index in [1.807, 2.05) is 26.8 Å². The molecule has 0 saturated carbocycles. The minimum absolute atomic E-state index is 0.301. The molecule has 1 amide bonds. The maximum atomic E-state index is 10.7. The van der Waals surface area contributed by atoms with Crippen LogP contribution in [0.2, 0.25) is 0 Å². The van der Waals surface area contributed by atoms with Gasteiger partial charge in [-0.3, -0.25) is 0 Å². The second kappa shape index (κ2) is 4.83. The second-order valence-electron chi connectivity index (χ2n) is 4.82. The average Bonchev–Trinajstić information content (AvgIpc) is 2.24. The molecular weight excluding hydrogens is 218 g/mol. The van der Waals surface area contributed by atoms with Gasteiger partial charge in [-0.25, -0.2) is 4.98 Å². The largest absolute Gasteiger partial charge is 0.530 e. The Morgan fingerprint density at radius 2 is 2.18 bits per heavy atom. The lowest BCUT2D eigenvalue weighted by atomic mass is 9.83. The van der Waals surface area contributed by atoms with E-state index < -0.39 is 12.1 Å². The van der Waals surface area contributed by atoms with Crippen molar-refractivity contribution in [1.82, 2.24) is 10.3 Å². The molecule has 0 aromatic carbocycles. The SMILES string of the molecule is CC(C)(C)C(NC(=O)[O-])c1ccc(C#N)nc1. The molecule has 0 spiro atoms. The molecule has 90 valence electrons. The van der Waals surface area contributed by atoms with Gasteiger partial charge in [0, 0.05) is 6.20 Å². The number of carboxylic acid groups (broad SMARTS) is 1. The molecule has 1 atom stereocenters. The van der Waals surface area contributed by atoms with Crippen LogP contribution in [-0.2, 0) is 0 Å². The number of amides is 1. The quantitative estimate of drug-likeness (QED) is 0.822. The van der Waals surface area contributed by atoms with Crippen LogP contribution >= 0.6 is 0 Å². The molecule has 1 rings (SSSR count). The maximum Gasteiger partial charge on any atom is 0.140 e. The van der Waals surface area contributed by atoms with Gasteiger partial charge in [0.15, 0.2) is 0 Å². The van der Waals surface area contributed by atoms with Crippen molar-refractivity contribution in [2.75, 3.05) is 0 Å². The zero-order valence-corrected chi connectivity index (χ0v) is 10.0. The van der Waals surface area contributed by atoms with E-state index in [2.05, 4.69) is 10.3 Å². The van der Waals surface area contributed by atoms with E-state index in [-0.39, 0.29) is 5.41 Å². The van der Waals surface area contributed by atoms with Gasteiger partial charge in [-0.2, -0.15) is 5.26 Å². The van der Waals surface area contributed by atoms with E-state index in [4.69, 9.17) is 5.26 Å². The lowest BCUT2D eigenvalue weighted by molar-refractivity contribution is -0.252. The lowest BCUT2D eigenvalue weighted by Gasteiger charge is -2.32. The summed E-state index contributed by atoms with van der Waals surface area (Å²) in [6.07, 6.45) is 0.180. The molecule has 0 bridgehead atoms. The Balaban J connectivity index is 3.05. The van der Waals surface area contributed by atoms with Crippen molar-refractivity contribution in [2.45, 2.75) is 26.8 Å². The van der Waals surface area contributed by atoms with Crippen molar-refractivity contribution in [3.8, 4) is 6.07 Å². The highest BCUT2D eigenvalue weighted by atomic mass is 16.4. The van der Waals surface area contributed by atoms with Crippen molar-refractivity contribution < 1.29 is 9.90 Å². The molecule has 1 N–H and O–H groups in total. The molecule has 1 aromatic heterocycles. The Kier molecular flexibility index (Phi) is 3.69. The first kappa shape index (κ1) is 13.0. The summed E-state index contributed by atoms with van der Waals surface area (Å²) < 4.78 is 0. The fourth-order valence-corrected chi connectivity index (χ4v) is 1.56. The van der Waals surface area contributed by atoms with Crippen molar-refractivity contribution in [3.05, 3.63) is 29.6 Å². The number of hydrogen-bond acceptors (Lipinski definition) is 4. The first-order chi connectivity index (χ1) is 7.84. The van der Waals surface area contributed by atoms with Gasteiger partial charge in [-0.15, -0.1) is 0 Å². The van der Waals surface area contributed by atoms with Crippen molar-refractivity contribution in [3.63, 3.8) is 0 Å². The number of nitrogens with one attached hydrogen (secondary N) is 1. The van der Waals surface area contributed by atoms with Gasteiger partial charge in [-0.1, -0.05) is 26.8 Å². The van der Waals surface area contributed by atoms with E-state index in [0.29, 0.717) is 11.3 Å². The van der Waals surface area contributed by atoms with E-state index in [1.54, 1.807) is 12.1 Å². The highest BCUT2D eigenvalue weighted by Gasteiger charge is 2.26. The number of aromatic nitrogens is 1. The van der Waals surface area contributed by atoms with Crippen LogP contribution in [0.25, 0.3) is 0 Å². The molecule has 5 nitrogen and oxygen atoms in total. The van der Waals surface area contributed by atoms with Crippen LogP contribution < -0.4 is 10.4 Å². The average molecular weight is 232 g/mol. The van der Waals surface area contributed by atoms with Gasteiger partial charge in [0.2, 0.25) is 0 Å². The highest BCUT2D eigenvalue weighted by Crippen LogP contribution is 2.32. The zero-order valence-electron chi connectivity index (χ0n) is 10.0. The van der Waals surface area contributed by atoms with Gasteiger partial charge < -0.3 is 15.2 Å². The van der Waals surface area contributed by atoms with Gasteiger partial charge in [-0.05, 0) is 17.0 Å². The maximum absolute atomic E-state index is 10.7. The summed E-state index contributed by atoms with van der Waals surface area (Å²) in [6, 6.07) is 4.74. The Bertz CT molecular complexity index is 440. The molecule has 0 saturated heterocycles. The van der Waals surface area contributed by atoms with Crippen molar-refractivity contribution in [2.24, 2.45) is 5.41 Å². The van der Waals surface area contributed by atoms with E-state index in [1.165, 1.54) is 6.20 Å². The Hall–Kier alpha value is -2.09. The number of pyridine rings is 1. The standard InChI is InChI=1S/C12H15N3O2/c1-12(2,3)10(15-11(16)17)8-4-5-9(6-13)14-7-8/h4-5,7,10,15H,1-3H3,(H,16,17)/p-1. The minimum atomic E-state index is -1.32. The molecule has 0 radical (unpaired) electrons. The van der Waals surface area contributed by atoms with Gasteiger partial charge in [0.05, 0.1) is 6.04 Å². The van der Waals surface area contributed by atoms with Crippen LogP contribution in [0.3, 0.4) is 0 Å². The minimum Gasteiger partial charge on any atom is -0.530 e. The number of nitrogens with zero attached hydrogens (tertiary/aromatic N) is 2. The topological polar surface area (TPSA) is 88.8 Å². The van der Waals surface area contributed by atoms with Crippen molar-refractivity contribution >= 4 is 6.09 Å². The summed E-state index contributed by atoms with van der Waals surface area (Å²) in [5, 5.41) is 21.7. The van der Waals surface area contributed by atoms with Crippen LogP contribution in [0, 0.1) is 16.7 Å². The summed E-state index contributed by atoms with van der Waals surface area (Å²) in [7, 11) is 0. The summed E-state index contributed by atoms with van der Waals surface area (Å²) in [6.45, 7) is 5.73. The Labute approximate surface area is 100 Å². The molecule has 1 aromatic rings. The molecule has 1 unspecified atom stereocenters. The van der Waals surface area contributed by atoms with Crippen LogP contribution in [0.15, 0.2) is 18.3 Å². The summed E-state index contributed by atoms with van der Waals surface area (Å²) >= 11 is 0. The van der Waals surface area contributed by atoms with Gasteiger partial charge in [0.1, 0.15) is 17.9 Å². The summed E-state index contributed by atoms with van der Waals surface area (Å²) in [4.78, 5) is 14.6. The third kappa shape index (κ3) is 3.45. The molecule has 0 aliphatic carbocycles. The van der Waals surface area contributed by atoms with Crippen LogP contribution in [0.1, 0.15) is 38.1 Å². The fraction of sp³-hybridized carbons (Fsp3) is 0.417. The smallest absolute Gasteiger partial charge is 0.140 e. The molecule has 0 aliphatic rings. The molecule has 1 heterocycles. The monoisotopic (exact) mass is 232 g/mol. The first-order valence-electron chi connectivity index (χ1n) is 5.18. The van der Waals surface area contributed by atoms with E-state index >= 15 is 0 Å².